The Hall–Kier alpha value is -2.79. The summed E-state index contributed by atoms with van der Waals surface area (Å²) in [7, 11) is 0. The number of rotatable bonds is 13. The third-order valence-electron chi connectivity index (χ3n) is 7.32. The van der Waals surface area contributed by atoms with Crippen LogP contribution in [0.2, 0.25) is 5.02 Å². The Balaban J connectivity index is 0.00000462. The van der Waals surface area contributed by atoms with E-state index in [2.05, 4.69) is 29.4 Å². The number of unbranched alkanes of at least 4 members (excludes halogenated alkanes) is 5. The number of aromatic nitrogens is 3. The number of carboxylic acids is 1. The second kappa shape index (κ2) is 14.9. The van der Waals surface area contributed by atoms with Gasteiger partial charge in [-0.05, 0) is 57.9 Å². The summed E-state index contributed by atoms with van der Waals surface area (Å²) >= 11 is 7.81. The van der Waals surface area contributed by atoms with Gasteiger partial charge in [-0.1, -0.05) is 55.8 Å². The number of thiophene rings is 1. The van der Waals surface area contributed by atoms with Crippen molar-refractivity contribution in [1.29, 1.82) is 0 Å². The summed E-state index contributed by atoms with van der Waals surface area (Å²) in [5.74, 6) is -0.159. The zero-order valence-corrected chi connectivity index (χ0v) is 26.0. The average molecular weight is 622 g/mol. The Kier molecular flexibility index (Phi) is 11.9. The van der Waals surface area contributed by atoms with Crippen molar-refractivity contribution in [2.24, 2.45) is 10.7 Å². The molecule has 222 valence electrons. The van der Waals surface area contributed by atoms with Crippen molar-refractivity contribution < 1.29 is 14.7 Å². The molecule has 1 aliphatic heterocycles. The number of hydrogen-bond acceptors (Lipinski definition) is 7. The molecule has 0 bridgehead atoms. The minimum atomic E-state index is -1.03. The zero-order chi connectivity index (χ0) is 28.8. The predicted molar refractivity (Wildman–Crippen MR) is 166 cm³/mol. The fourth-order valence-electron chi connectivity index (χ4n) is 5.02. The van der Waals surface area contributed by atoms with E-state index in [1.165, 1.54) is 0 Å². The molecule has 12 heteroatoms. The van der Waals surface area contributed by atoms with Gasteiger partial charge >= 0.3 is 5.97 Å². The smallest absolute Gasteiger partial charge is 0.326 e. The second-order valence-electron chi connectivity index (χ2n) is 10.3. The summed E-state index contributed by atoms with van der Waals surface area (Å²) in [6, 6.07) is 5.88. The van der Waals surface area contributed by atoms with Crippen LogP contribution < -0.4 is 11.1 Å². The maximum atomic E-state index is 13.3. The normalized spacial score (nSPS) is 14.8. The van der Waals surface area contributed by atoms with Crippen molar-refractivity contribution in [2.45, 2.75) is 84.2 Å². The molecule has 0 saturated heterocycles. The van der Waals surface area contributed by atoms with Crippen LogP contribution in [0.15, 0.2) is 29.3 Å². The number of nitrogens with two attached hydrogens (primary N) is 1. The van der Waals surface area contributed by atoms with Crippen LogP contribution in [-0.4, -0.2) is 50.0 Å². The van der Waals surface area contributed by atoms with Crippen LogP contribution in [0.1, 0.15) is 90.6 Å². The molecule has 41 heavy (non-hydrogen) atoms. The first-order valence-corrected chi connectivity index (χ1v) is 15.0. The van der Waals surface area contributed by atoms with E-state index in [9.17, 15) is 14.7 Å². The first-order chi connectivity index (χ1) is 19.2. The third-order valence-corrected chi connectivity index (χ3v) is 8.76. The first kappa shape index (κ1) is 32.7. The maximum absolute atomic E-state index is 13.3. The van der Waals surface area contributed by atoms with E-state index in [0.29, 0.717) is 29.6 Å². The number of aryl methyl sites for hydroxylation is 2. The topological polar surface area (TPSA) is 135 Å². The van der Waals surface area contributed by atoms with Crippen molar-refractivity contribution in [1.82, 2.24) is 20.1 Å². The molecule has 1 aromatic carbocycles. The largest absolute Gasteiger partial charge is 0.480 e. The second-order valence-corrected chi connectivity index (χ2v) is 11.9. The number of carbonyl (C=O) groups is 2. The molecule has 1 aliphatic rings. The predicted octanol–water partition coefficient (Wildman–Crippen LogP) is 5.87. The van der Waals surface area contributed by atoms with Gasteiger partial charge in [-0.2, -0.15) is 0 Å². The molecular formula is C29H38Cl2N6O3S. The van der Waals surface area contributed by atoms with Crippen molar-refractivity contribution in [3.05, 3.63) is 62.5 Å². The molecule has 0 radical (unpaired) electrons. The summed E-state index contributed by atoms with van der Waals surface area (Å²) in [4.78, 5) is 31.4. The number of benzene rings is 1. The van der Waals surface area contributed by atoms with Crippen LogP contribution in [-0.2, 0) is 9.59 Å². The number of carbonyl (C=O) groups excluding carboxylic acids is 1. The Morgan fingerprint density at radius 3 is 2.39 bits per heavy atom. The first-order valence-electron chi connectivity index (χ1n) is 13.8. The molecule has 3 aromatic rings. The molecule has 0 saturated carbocycles. The summed E-state index contributed by atoms with van der Waals surface area (Å²) in [5, 5.41) is 22.8. The van der Waals surface area contributed by atoms with Gasteiger partial charge in [0, 0.05) is 21.0 Å². The molecule has 1 amide bonds. The Bertz CT molecular complexity index is 1390. The van der Waals surface area contributed by atoms with Gasteiger partial charge in [0.2, 0.25) is 5.91 Å². The van der Waals surface area contributed by atoms with Gasteiger partial charge in [0.05, 0.1) is 12.1 Å². The quantitative estimate of drug-likeness (QED) is 0.204. The fraction of sp³-hybridized carbons (Fsp3) is 0.483. The number of carboxylic acid groups (broad SMARTS) is 1. The highest BCUT2D eigenvalue weighted by molar-refractivity contribution is 7.15. The van der Waals surface area contributed by atoms with Crippen LogP contribution >= 0.6 is 35.3 Å². The molecule has 0 fully saturated rings. The van der Waals surface area contributed by atoms with Crippen LogP contribution in [0.5, 0.6) is 0 Å². The van der Waals surface area contributed by atoms with Crippen LogP contribution in [0, 0.1) is 20.8 Å². The lowest BCUT2D eigenvalue weighted by Gasteiger charge is -2.17. The molecule has 0 aliphatic carbocycles. The third kappa shape index (κ3) is 7.74. The van der Waals surface area contributed by atoms with E-state index < -0.39 is 18.1 Å². The number of fused-ring (bicyclic) bond motifs is 3. The van der Waals surface area contributed by atoms with E-state index in [-0.39, 0.29) is 24.7 Å². The minimum Gasteiger partial charge on any atom is -0.480 e. The van der Waals surface area contributed by atoms with Crippen LogP contribution in [0.4, 0.5) is 0 Å². The molecule has 1 unspecified atom stereocenters. The molecule has 0 spiro atoms. The van der Waals surface area contributed by atoms with E-state index >= 15 is 0 Å². The Morgan fingerprint density at radius 2 is 1.73 bits per heavy atom. The van der Waals surface area contributed by atoms with E-state index in [1.54, 1.807) is 11.3 Å². The van der Waals surface area contributed by atoms with E-state index in [4.69, 9.17) is 22.3 Å². The van der Waals surface area contributed by atoms with Gasteiger partial charge < -0.3 is 16.2 Å². The lowest BCUT2D eigenvalue weighted by molar-refractivity contribution is -0.142. The molecule has 4 N–H and O–H groups in total. The summed E-state index contributed by atoms with van der Waals surface area (Å²) in [6.45, 7) is 6.72. The highest BCUT2D eigenvalue weighted by atomic mass is 35.5. The summed E-state index contributed by atoms with van der Waals surface area (Å²) in [6.07, 6.45) is 6.20. The highest BCUT2D eigenvalue weighted by Crippen LogP contribution is 2.39. The Labute approximate surface area is 256 Å². The monoisotopic (exact) mass is 620 g/mol. The number of aliphatic imine (C=N–C) groups is 1. The van der Waals surface area contributed by atoms with Crippen molar-refractivity contribution in [2.75, 3.05) is 6.54 Å². The van der Waals surface area contributed by atoms with E-state index in [0.717, 1.165) is 70.8 Å². The van der Waals surface area contributed by atoms with Gasteiger partial charge in [-0.25, -0.2) is 4.79 Å². The molecule has 2 atom stereocenters. The zero-order valence-electron chi connectivity index (χ0n) is 23.7. The lowest BCUT2D eigenvalue weighted by atomic mass is 9.99. The van der Waals surface area contributed by atoms with Crippen molar-refractivity contribution in [3.8, 4) is 5.00 Å². The number of aliphatic carboxylic acids is 1. The number of amides is 1. The summed E-state index contributed by atoms with van der Waals surface area (Å²) in [5.41, 5.74) is 9.25. The molecular weight excluding hydrogens is 583 g/mol. The van der Waals surface area contributed by atoms with Gasteiger partial charge in [-0.15, -0.1) is 33.9 Å². The number of nitrogens with one attached hydrogen (secondary N) is 1. The Morgan fingerprint density at radius 1 is 1.07 bits per heavy atom. The standard InChI is InChI=1S/C29H37ClN6O3S.ClH/c1-17-18(2)40-28-25(17)26(20-11-13-21(30)14-12-20)33-23(27-35-34-19(3)36(27)28)16-24(37)32-22(29(38)39)10-8-6-4-5-7-9-15-31;/h11-14,22-23H,4-10,15-16,31H2,1-3H3,(H,32,37)(H,38,39);1H/t22?,23-;/m0./s1. The minimum absolute atomic E-state index is 0. The van der Waals surface area contributed by atoms with Crippen molar-refractivity contribution >= 4 is 52.9 Å². The number of halogens is 2. The lowest BCUT2D eigenvalue weighted by Crippen LogP contribution is -2.41. The van der Waals surface area contributed by atoms with Gasteiger partial charge in [-0.3, -0.25) is 14.4 Å². The molecule has 3 heterocycles. The molecule has 4 rings (SSSR count). The number of hydrogen-bond donors (Lipinski definition) is 3. The summed E-state index contributed by atoms with van der Waals surface area (Å²) < 4.78 is 1.98. The van der Waals surface area contributed by atoms with Crippen molar-refractivity contribution in [3.63, 3.8) is 0 Å². The fourth-order valence-corrected chi connectivity index (χ4v) is 6.36. The van der Waals surface area contributed by atoms with Gasteiger partial charge in [0.1, 0.15) is 22.9 Å². The van der Waals surface area contributed by atoms with Gasteiger partial charge in [0.15, 0.2) is 5.82 Å². The molecule has 9 nitrogen and oxygen atoms in total. The highest BCUT2D eigenvalue weighted by Gasteiger charge is 2.33. The van der Waals surface area contributed by atoms with E-state index in [1.807, 2.05) is 35.8 Å². The van der Waals surface area contributed by atoms with Crippen LogP contribution in [0.25, 0.3) is 5.00 Å². The number of nitrogens with zero attached hydrogens (tertiary/aromatic N) is 4. The molecule has 2 aromatic heterocycles. The average Bonchev–Trinajstić information content (AvgIpc) is 3.39. The maximum Gasteiger partial charge on any atom is 0.326 e. The SMILES string of the molecule is Cc1sc2c(c1C)C(c1ccc(Cl)cc1)=N[C@@H](CC(=O)NC(CCCCCCCCN)C(=O)O)c1nnc(C)n1-2.Cl. The van der Waals surface area contributed by atoms with Crippen LogP contribution in [0.3, 0.4) is 0 Å². The van der Waals surface area contributed by atoms with Gasteiger partial charge in [0.25, 0.3) is 0 Å².